The van der Waals surface area contributed by atoms with Crippen molar-refractivity contribution < 1.29 is 14.4 Å². The Morgan fingerprint density at radius 3 is 2.30 bits per heavy atom. The zero-order chi connectivity index (χ0) is 21.1. The van der Waals surface area contributed by atoms with Crippen LogP contribution in [0.25, 0.3) is 5.69 Å². The van der Waals surface area contributed by atoms with Crippen molar-refractivity contribution in [2.24, 2.45) is 0 Å². The van der Waals surface area contributed by atoms with Crippen molar-refractivity contribution in [3.63, 3.8) is 0 Å². The molecule has 0 fully saturated rings. The lowest BCUT2D eigenvalue weighted by Crippen LogP contribution is -2.47. The molecule has 0 spiro atoms. The second-order valence-corrected chi connectivity index (χ2v) is 7.60. The first-order valence-electron chi connectivity index (χ1n) is 9.20. The predicted molar refractivity (Wildman–Crippen MR) is 112 cm³/mol. The van der Waals surface area contributed by atoms with E-state index in [1.807, 2.05) is 6.26 Å². The summed E-state index contributed by atoms with van der Waals surface area (Å²) in [5.41, 5.74) is 1.94. The number of aromatic nitrogens is 4. The van der Waals surface area contributed by atoms with Crippen molar-refractivity contribution >= 4 is 35.2 Å². The van der Waals surface area contributed by atoms with E-state index < -0.39 is 23.8 Å². The molecular formula is C20H18N6O3S. The largest absolute Gasteiger partial charge is 0.324 e. The molecule has 3 amide bonds. The van der Waals surface area contributed by atoms with E-state index in [9.17, 15) is 14.4 Å². The van der Waals surface area contributed by atoms with Crippen LogP contribution in [0.1, 0.15) is 27.1 Å². The number of tetrazole rings is 1. The minimum absolute atomic E-state index is 0.329. The molecule has 3 aromatic rings. The standard InChI is InChI=1S/C20H18N6O3S/c1-30-11-10-17(26-19(28)15-4-2-3-5-16(15)20(26)29)18(27)22-13-6-8-14(9-7-13)25-12-21-23-24-25/h2-9,12,17H,10-11H2,1H3,(H,22,27)/t17-/m1/s1. The van der Waals surface area contributed by atoms with E-state index in [1.165, 1.54) is 11.0 Å². The third-order valence-electron chi connectivity index (χ3n) is 4.78. The van der Waals surface area contributed by atoms with Gasteiger partial charge in [-0.25, -0.2) is 4.68 Å². The average Bonchev–Trinajstić information content (AvgIpc) is 3.38. The summed E-state index contributed by atoms with van der Waals surface area (Å²) in [6.45, 7) is 0. The van der Waals surface area contributed by atoms with Crippen LogP contribution in [0.4, 0.5) is 5.69 Å². The van der Waals surface area contributed by atoms with Crippen LogP contribution in [0.5, 0.6) is 0 Å². The fraction of sp³-hybridized carbons (Fsp3) is 0.200. The highest BCUT2D eigenvalue weighted by Gasteiger charge is 2.42. The second kappa shape index (κ2) is 8.46. The van der Waals surface area contributed by atoms with Gasteiger partial charge in [-0.05, 0) is 65.3 Å². The molecule has 30 heavy (non-hydrogen) atoms. The third kappa shape index (κ3) is 3.69. The Balaban J connectivity index is 1.55. The van der Waals surface area contributed by atoms with Crippen LogP contribution in [0.2, 0.25) is 0 Å². The minimum Gasteiger partial charge on any atom is -0.324 e. The summed E-state index contributed by atoms with van der Waals surface area (Å²) in [4.78, 5) is 39.8. The number of amides is 3. The van der Waals surface area contributed by atoms with E-state index in [0.29, 0.717) is 29.0 Å². The Bertz CT molecular complexity index is 1050. The number of fused-ring (bicyclic) bond motifs is 1. The summed E-state index contributed by atoms with van der Waals surface area (Å²) in [5, 5.41) is 13.8. The number of carbonyl (C=O) groups is 3. The van der Waals surface area contributed by atoms with Gasteiger partial charge in [0.1, 0.15) is 12.4 Å². The van der Waals surface area contributed by atoms with Crippen LogP contribution in [-0.2, 0) is 4.79 Å². The molecule has 1 aliphatic heterocycles. The number of anilines is 1. The van der Waals surface area contributed by atoms with Gasteiger partial charge in [0.2, 0.25) is 5.91 Å². The van der Waals surface area contributed by atoms with E-state index in [4.69, 9.17) is 0 Å². The molecule has 0 saturated heterocycles. The third-order valence-corrected chi connectivity index (χ3v) is 5.43. The molecule has 152 valence electrons. The fourth-order valence-corrected chi connectivity index (χ4v) is 3.76. The molecule has 0 radical (unpaired) electrons. The zero-order valence-electron chi connectivity index (χ0n) is 16.1. The molecule has 10 heteroatoms. The first-order valence-corrected chi connectivity index (χ1v) is 10.6. The summed E-state index contributed by atoms with van der Waals surface area (Å²) in [6, 6.07) is 12.7. The Kier molecular flexibility index (Phi) is 5.57. The molecule has 1 aliphatic rings. The van der Waals surface area contributed by atoms with Gasteiger partial charge in [0, 0.05) is 5.69 Å². The van der Waals surface area contributed by atoms with Gasteiger partial charge in [-0.3, -0.25) is 19.3 Å². The highest BCUT2D eigenvalue weighted by atomic mass is 32.2. The first-order chi connectivity index (χ1) is 14.6. The lowest BCUT2D eigenvalue weighted by atomic mass is 10.1. The van der Waals surface area contributed by atoms with Gasteiger partial charge in [-0.15, -0.1) is 5.10 Å². The Labute approximate surface area is 176 Å². The van der Waals surface area contributed by atoms with Gasteiger partial charge >= 0.3 is 0 Å². The summed E-state index contributed by atoms with van der Waals surface area (Å²) in [7, 11) is 0. The molecule has 0 bridgehead atoms. The SMILES string of the molecule is CSCC[C@H](C(=O)Nc1ccc(-n2cnnn2)cc1)N1C(=O)c2ccccc2C1=O. The summed E-state index contributed by atoms with van der Waals surface area (Å²) in [6.07, 6.45) is 3.74. The van der Waals surface area contributed by atoms with Crippen LogP contribution in [-0.4, -0.2) is 60.9 Å². The van der Waals surface area contributed by atoms with Crippen molar-refractivity contribution in [2.75, 3.05) is 17.3 Å². The van der Waals surface area contributed by atoms with Crippen LogP contribution in [0, 0.1) is 0 Å². The maximum absolute atomic E-state index is 13.1. The second-order valence-electron chi connectivity index (χ2n) is 6.61. The first kappa shape index (κ1) is 19.8. The average molecular weight is 422 g/mol. The van der Waals surface area contributed by atoms with Gasteiger partial charge in [0.25, 0.3) is 11.8 Å². The Hall–Kier alpha value is -3.53. The molecule has 1 atom stereocenters. The van der Waals surface area contributed by atoms with Gasteiger partial charge in [-0.2, -0.15) is 11.8 Å². The van der Waals surface area contributed by atoms with Crippen molar-refractivity contribution in [3.8, 4) is 5.69 Å². The lowest BCUT2D eigenvalue weighted by molar-refractivity contribution is -0.120. The van der Waals surface area contributed by atoms with Crippen molar-refractivity contribution in [2.45, 2.75) is 12.5 Å². The fourth-order valence-electron chi connectivity index (χ4n) is 3.30. The number of benzene rings is 2. The highest BCUT2D eigenvalue weighted by Crippen LogP contribution is 2.27. The van der Waals surface area contributed by atoms with Crippen LogP contribution < -0.4 is 5.32 Å². The van der Waals surface area contributed by atoms with E-state index in [0.717, 1.165) is 10.6 Å². The molecular weight excluding hydrogens is 404 g/mol. The van der Waals surface area contributed by atoms with Gasteiger partial charge in [-0.1, -0.05) is 12.1 Å². The van der Waals surface area contributed by atoms with Gasteiger partial charge in [0.05, 0.1) is 16.8 Å². The molecule has 0 aliphatic carbocycles. The number of imide groups is 1. The predicted octanol–water partition coefficient (Wildman–Crippen LogP) is 2.02. The number of carbonyl (C=O) groups excluding carboxylic acids is 3. The number of rotatable bonds is 7. The summed E-state index contributed by atoms with van der Waals surface area (Å²) < 4.78 is 1.49. The quantitative estimate of drug-likeness (QED) is 0.580. The molecule has 2 aromatic carbocycles. The van der Waals surface area contributed by atoms with Gasteiger partial charge < -0.3 is 5.32 Å². The van der Waals surface area contributed by atoms with E-state index >= 15 is 0 Å². The zero-order valence-corrected chi connectivity index (χ0v) is 16.9. The summed E-state index contributed by atoms with van der Waals surface area (Å²) >= 11 is 1.55. The monoisotopic (exact) mass is 422 g/mol. The molecule has 1 aromatic heterocycles. The van der Waals surface area contributed by atoms with E-state index in [-0.39, 0.29) is 0 Å². The Morgan fingerprint density at radius 1 is 1.07 bits per heavy atom. The van der Waals surface area contributed by atoms with Crippen LogP contribution in [0.15, 0.2) is 54.9 Å². The van der Waals surface area contributed by atoms with Crippen molar-refractivity contribution in [1.29, 1.82) is 0 Å². The normalized spacial score (nSPS) is 14.0. The van der Waals surface area contributed by atoms with Gasteiger partial charge in [0.15, 0.2) is 0 Å². The van der Waals surface area contributed by atoms with E-state index in [1.54, 1.807) is 60.3 Å². The molecule has 0 unspecified atom stereocenters. The molecule has 0 saturated carbocycles. The summed E-state index contributed by atoms with van der Waals surface area (Å²) in [5.74, 6) is -0.658. The highest BCUT2D eigenvalue weighted by molar-refractivity contribution is 7.98. The topological polar surface area (TPSA) is 110 Å². The van der Waals surface area contributed by atoms with Crippen molar-refractivity contribution in [1.82, 2.24) is 25.1 Å². The minimum atomic E-state index is -0.899. The van der Waals surface area contributed by atoms with Crippen LogP contribution >= 0.6 is 11.8 Å². The molecule has 4 rings (SSSR count). The smallest absolute Gasteiger partial charge is 0.262 e. The maximum Gasteiger partial charge on any atom is 0.262 e. The number of thioether (sulfide) groups is 1. The molecule has 1 N–H and O–H groups in total. The number of nitrogens with zero attached hydrogens (tertiary/aromatic N) is 5. The Morgan fingerprint density at radius 2 is 1.73 bits per heavy atom. The number of hydrogen-bond acceptors (Lipinski definition) is 7. The number of hydrogen-bond donors (Lipinski definition) is 1. The van der Waals surface area contributed by atoms with E-state index in [2.05, 4.69) is 20.8 Å². The maximum atomic E-state index is 13.1. The molecule has 2 heterocycles. The van der Waals surface area contributed by atoms with Crippen molar-refractivity contribution in [3.05, 3.63) is 66.0 Å². The lowest BCUT2D eigenvalue weighted by Gasteiger charge is -2.25. The number of nitrogens with one attached hydrogen (secondary N) is 1. The molecule has 9 nitrogen and oxygen atoms in total. The van der Waals surface area contributed by atoms with Crippen LogP contribution in [0.3, 0.4) is 0 Å².